The zero-order valence-electron chi connectivity index (χ0n) is 15.6. The van der Waals surface area contributed by atoms with Gasteiger partial charge in [0.05, 0.1) is 32.3 Å². The molecule has 0 fully saturated rings. The van der Waals surface area contributed by atoms with Gasteiger partial charge in [-0.15, -0.1) is 0 Å². The second-order valence-electron chi connectivity index (χ2n) is 5.85. The minimum atomic E-state index is -1.03. The zero-order chi connectivity index (χ0) is 19.8. The van der Waals surface area contributed by atoms with Crippen LogP contribution in [0.25, 0.3) is 11.6 Å². The molecular weight excluding hydrogens is 344 g/mol. The normalized spacial score (nSPS) is 10.8. The van der Waals surface area contributed by atoms with Crippen molar-refractivity contribution in [3.8, 4) is 17.6 Å². The Bertz CT molecular complexity index is 867. The van der Waals surface area contributed by atoms with Crippen LogP contribution in [0, 0.1) is 11.3 Å². The summed E-state index contributed by atoms with van der Waals surface area (Å²) in [7, 11) is 4.95. The van der Waals surface area contributed by atoms with Gasteiger partial charge < -0.3 is 19.5 Å². The molecule has 0 aromatic heterocycles. The summed E-state index contributed by atoms with van der Waals surface area (Å²) in [6, 6.07) is 14.6. The molecule has 0 aliphatic carbocycles. The molecule has 0 amide bonds. The lowest BCUT2D eigenvalue weighted by atomic mass is 10.0. The lowest BCUT2D eigenvalue weighted by molar-refractivity contribution is -0.130. The number of carboxylic acids is 1. The largest absolute Gasteiger partial charge is 0.493 e. The average Bonchev–Trinajstić information content (AvgIpc) is 2.69. The second kappa shape index (κ2) is 9.30. The van der Waals surface area contributed by atoms with Gasteiger partial charge in [0.25, 0.3) is 0 Å². The van der Waals surface area contributed by atoms with E-state index in [4.69, 9.17) is 14.7 Å². The Morgan fingerprint density at radius 3 is 2.37 bits per heavy atom. The van der Waals surface area contributed by atoms with Gasteiger partial charge in [-0.2, -0.15) is 5.26 Å². The van der Waals surface area contributed by atoms with Crippen molar-refractivity contribution >= 4 is 23.3 Å². The molecule has 0 radical (unpaired) electrons. The standard InChI is InChI=1S/C21H22N2O4/c1-23(12-4-11-22)17-8-5-15(6-9-17)13-18(21(24)25)16-7-10-19(26-2)20(14-16)27-3/h5-10,13-14H,4,12H2,1-3H3,(H,24,25). The monoisotopic (exact) mass is 366 g/mol. The minimum absolute atomic E-state index is 0.154. The van der Waals surface area contributed by atoms with Crippen LogP contribution in [0.4, 0.5) is 5.69 Å². The van der Waals surface area contributed by atoms with E-state index in [-0.39, 0.29) is 5.57 Å². The van der Waals surface area contributed by atoms with Crippen molar-refractivity contribution in [3.63, 3.8) is 0 Å². The summed E-state index contributed by atoms with van der Waals surface area (Å²) >= 11 is 0. The van der Waals surface area contributed by atoms with Gasteiger partial charge in [0.15, 0.2) is 11.5 Å². The molecular formula is C21H22N2O4. The second-order valence-corrected chi connectivity index (χ2v) is 5.85. The quantitative estimate of drug-likeness (QED) is 0.567. The molecule has 6 heteroatoms. The molecule has 6 nitrogen and oxygen atoms in total. The number of ether oxygens (including phenoxy) is 2. The van der Waals surface area contributed by atoms with Gasteiger partial charge in [-0.3, -0.25) is 0 Å². The first-order valence-corrected chi connectivity index (χ1v) is 8.35. The third-order valence-corrected chi connectivity index (χ3v) is 4.13. The summed E-state index contributed by atoms with van der Waals surface area (Å²) in [6.45, 7) is 0.637. The number of carboxylic acid groups (broad SMARTS) is 1. The molecule has 140 valence electrons. The molecule has 0 aliphatic heterocycles. The predicted octanol–water partition coefficient (Wildman–Crippen LogP) is 3.68. The fourth-order valence-electron chi connectivity index (χ4n) is 2.61. The Hall–Kier alpha value is -3.46. The third-order valence-electron chi connectivity index (χ3n) is 4.13. The summed E-state index contributed by atoms with van der Waals surface area (Å²) < 4.78 is 10.5. The Labute approximate surface area is 158 Å². The number of hydrogen-bond acceptors (Lipinski definition) is 5. The molecule has 0 atom stereocenters. The number of aliphatic carboxylic acids is 1. The first kappa shape index (κ1) is 19.9. The molecule has 27 heavy (non-hydrogen) atoms. The molecule has 0 aliphatic rings. The maximum atomic E-state index is 11.8. The zero-order valence-corrected chi connectivity index (χ0v) is 15.6. The Morgan fingerprint density at radius 2 is 1.81 bits per heavy atom. The van der Waals surface area contributed by atoms with Crippen LogP contribution in [0.15, 0.2) is 42.5 Å². The SMILES string of the molecule is COc1ccc(C(=Cc2ccc(N(C)CCC#N)cc2)C(=O)O)cc1OC. The molecule has 0 heterocycles. The molecule has 2 aromatic carbocycles. The van der Waals surface area contributed by atoms with Crippen LogP contribution in [0.5, 0.6) is 11.5 Å². The van der Waals surface area contributed by atoms with Crippen molar-refractivity contribution in [1.82, 2.24) is 0 Å². The number of anilines is 1. The van der Waals surface area contributed by atoms with Crippen LogP contribution >= 0.6 is 0 Å². The van der Waals surface area contributed by atoms with E-state index in [9.17, 15) is 9.90 Å². The number of benzene rings is 2. The van der Waals surface area contributed by atoms with Crippen LogP contribution in [0.2, 0.25) is 0 Å². The summed E-state index contributed by atoms with van der Waals surface area (Å²) in [5.74, 6) is -0.0233. The summed E-state index contributed by atoms with van der Waals surface area (Å²) in [5.41, 5.74) is 2.40. The summed E-state index contributed by atoms with van der Waals surface area (Å²) in [6.07, 6.45) is 2.06. The van der Waals surface area contributed by atoms with Crippen molar-refractivity contribution in [2.45, 2.75) is 6.42 Å². The molecule has 2 rings (SSSR count). The average molecular weight is 366 g/mol. The van der Waals surface area contributed by atoms with Gasteiger partial charge in [-0.25, -0.2) is 4.79 Å². The number of methoxy groups -OCH3 is 2. The van der Waals surface area contributed by atoms with Crippen molar-refractivity contribution < 1.29 is 19.4 Å². The van der Waals surface area contributed by atoms with Gasteiger partial charge in [0.1, 0.15) is 0 Å². The van der Waals surface area contributed by atoms with Crippen molar-refractivity contribution in [1.29, 1.82) is 5.26 Å². The highest BCUT2D eigenvalue weighted by molar-refractivity contribution is 6.20. The molecule has 0 bridgehead atoms. The molecule has 0 saturated heterocycles. The molecule has 0 unspecified atom stereocenters. The minimum Gasteiger partial charge on any atom is -0.493 e. The maximum absolute atomic E-state index is 11.8. The Balaban J connectivity index is 2.33. The highest BCUT2D eigenvalue weighted by Gasteiger charge is 2.14. The Morgan fingerprint density at radius 1 is 1.15 bits per heavy atom. The van der Waals surface area contributed by atoms with Crippen LogP contribution in [0.1, 0.15) is 17.5 Å². The molecule has 2 aromatic rings. The van der Waals surface area contributed by atoms with E-state index in [1.807, 2.05) is 36.2 Å². The third kappa shape index (κ3) is 5.02. The van der Waals surface area contributed by atoms with Gasteiger partial charge in [-0.1, -0.05) is 18.2 Å². The van der Waals surface area contributed by atoms with E-state index in [0.717, 1.165) is 11.3 Å². The summed E-state index contributed by atoms with van der Waals surface area (Å²) in [4.78, 5) is 13.7. The topological polar surface area (TPSA) is 82.8 Å². The van der Waals surface area contributed by atoms with E-state index in [1.54, 1.807) is 24.3 Å². The van der Waals surface area contributed by atoms with E-state index in [2.05, 4.69) is 6.07 Å². The number of rotatable bonds is 8. The molecule has 1 N–H and O–H groups in total. The van der Waals surface area contributed by atoms with Gasteiger partial charge in [0, 0.05) is 19.3 Å². The Kier molecular flexibility index (Phi) is 6.84. The van der Waals surface area contributed by atoms with Crippen molar-refractivity contribution in [2.24, 2.45) is 0 Å². The fraction of sp³-hybridized carbons (Fsp3) is 0.238. The first-order valence-electron chi connectivity index (χ1n) is 8.35. The molecule has 0 spiro atoms. The predicted molar refractivity (Wildman–Crippen MR) is 105 cm³/mol. The summed E-state index contributed by atoms with van der Waals surface area (Å²) in [5, 5.41) is 18.3. The maximum Gasteiger partial charge on any atom is 0.336 e. The highest BCUT2D eigenvalue weighted by atomic mass is 16.5. The van der Waals surface area contributed by atoms with Gasteiger partial charge in [0.2, 0.25) is 0 Å². The van der Waals surface area contributed by atoms with Crippen LogP contribution in [-0.4, -0.2) is 38.9 Å². The van der Waals surface area contributed by atoms with Gasteiger partial charge >= 0.3 is 5.97 Å². The lowest BCUT2D eigenvalue weighted by Gasteiger charge is -2.17. The fourth-order valence-corrected chi connectivity index (χ4v) is 2.61. The van der Waals surface area contributed by atoms with Crippen LogP contribution in [-0.2, 0) is 4.79 Å². The van der Waals surface area contributed by atoms with E-state index in [0.29, 0.717) is 30.0 Å². The smallest absolute Gasteiger partial charge is 0.336 e. The number of hydrogen-bond donors (Lipinski definition) is 1. The number of nitriles is 1. The van der Waals surface area contributed by atoms with Crippen LogP contribution in [0.3, 0.4) is 0 Å². The van der Waals surface area contributed by atoms with Crippen molar-refractivity contribution in [3.05, 3.63) is 53.6 Å². The van der Waals surface area contributed by atoms with E-state index >= 15 is 0 Å². The first-order chi connectivity index (χ1) is 13.0. The van der Waals surface area contributed by atoms with Crippen molar-refractivity contribution in [2.75, 3.05) is 32.7 Å². The number of nitrogens with zero attached hydrogens (tertiary/aromatic N) is 2. The van der Waals surface area contributed by atoms with E-state index in [1.165, 1.54) is 14.2 Å². The highest BCUT2D eigenvalue weighted by Crippen LogP contribution is 2.31. The van der Waals surface area contributed by atoms with Crippen LogP contribution < -0.4 is 14.4 Å². The number of carbonyl (C=O) groups is 1. The van der Waals surface area contributed by atoms with E-state index < -0.39 is 5.97 Å². The molecule has 0 saturated carbocycles. The lowest BCUT2D eigenvalue weighted by Crippen LogP contribution is -2.17. The van der Waals surface area contributed by atoms with Gasteiger partial charge in [-0.05, 0) is 41.5 Å².